The Bertz CT molecular complexity index is 491. The maximum atomic E-state index is 12.8. The Labute approximate surface area is 123 Å². The van der Waals surface area contributed by atoms with Gasteiger partial charge in [-0.3, -0.25) is 4.79 Å². The molecule has 0 aromatic heterocycles. The number of halogens is 3. The molecule has 18 heavy (non-hydrogen) atoms. The van der Waals surface area contributed by atoms with Crippen molar-refractivity contribution in [1.29, 1.82) is 0 Å². The minimum atomic E-state index is -0.527. The smallest absolute Gasteiger partial charge is 0.264 e. The van der Waals surface area contributed by atoms with Gasteiger partial charge in [-0.25, -0.2) is 4.39 Å². The summed E-state index contributed by atoms with van der Waals surface area (Å²) in [5, 5.41) is 0. The summed E-state index contributed by atoms with van der Waals surface area (Å²) in [4.78, 5) is 15.3. The molecule has 1 aromatic carbocycles. The molecule has 1 heterocycles. The maximum Gasteiger partial charge on any atom is 0.264 e. The molecule has 0 saturated heterocycles. The highest BCUT2D eigenvalue weighted by atomic mass is 127. The van der Waals surface area contributed by atoms with Crippen LogP contribution in [0.25, 0.3) is 0 Å². The van der Waals surface area contributed by atoms with Crippen molar-refractivity contribution in [2.75, 3.05) is 7.05 Å². The molecule has 96 valence electrons. The number of hydrogen-bond acceptors (Lipinski definition) is 2. The molecule has 0 saturated carbocycles. The Kier molecular flexibility index (Phi) is 4.11. The summed E-state index contributed by atoms with van der Waals surface area (Å²) >= 11 is 8.16. The quantitative estimate of drug-likeness (QED) is 0.447. The molecular formula is C12H11ClFIN2O. The van der Waals surface area contributed by atoms with E-state index in [1.165, 1.54) is 17.0 Å². The lowest BCUT2D eigenvalue weighted by molar-refractivity contribution is -0.130. The molecule has 6 heteroatoms. The average Bonchev–Trinajstić information content (AvgIpc) is 2.34. The molecule has 1 aliphatic heterocycles. The van der Waals surface area contributed by atoms with Crippen LogP contribution in [0.4, 0.5) is 4.39 Å². The van der Waals surface area contributed by atoms with Crippen molar-refractivity contribution < 1.29 is 9.18 Å². The van der Waals surface area contributed by atoms with Crippen LogP contribution in [0.1, 0.15) is 5.56 Å². The number of rotatable bonds is 2. The second kappa shape index (κ2) is 5.44. The summed E-state index contributed by atoms with van der Waals surface area (Å²) in [6.45, 7) is 0.359. The van der Waals surface area contributed by atoms with E-state index in [9.17, 15) is 9.18 Å². The number of carbonyl (C=O) groups is 1. The number of alkyl halides is 1. The summed E-state index contributed by atoms with van der Waals surface area (Å²) in [7, 11) is 1.81. The molecule has 1 aromatic rings. The third-order valence-corrected chi connectivity index (χ3v) is 3.92. The molecule has 1 unspecified atom stereocenters. The lowest BCUT2D eigenvalue weighted by Gasteiger charge is -2.36. The maximum absolute atomic E-state index is 12.8. The van der Waals surface area contributed by atoms with Crippen molar-refractivity contribution in [3.63, 3.8) is 0 Å². The van der Waals surface area contributed by atoms with Crippen LogP contribution in [0.5, 0.6) is 0 Å². The lowest BCUT2D eigenvalue weighted by atomic mass is 10.2. The van der Waals surface area contributed by atoms with Gasteiger partial charge in [-0.15, -0.1) is 0 Å². The number of amides is 1. The summed E-state index contributed by atoms with van der Waals surface area (Å²) in [6, 6.07) is 6.05. The zero-order chi connectivity index (χ0) is 13.3. The van der Waals surface area contributed by atoms with Crippen molar-refractivity contribution in [2.24, 2.45) is 0 Å². The zero-order valence-electron chi connectivity index (χ0n) is 9.61. The van der Waals surface area contributed by atoms with Crippen molar-refractivity contribution in [3.8, 4) is 0 Å². The van der Waals surface area contributed by atoms with Gasteiger partial charge in [0.1, 0.15) is 5.82 Å². The van der Waals surface area contributed by atoms with Crippen LogP contribution in [0, 0.1) is 5.82 Å². The van der Waals surface area contributed by atoms with E-state index in [-0.39, 0.29) is 11.7 Å². The summed E-state index contributed by atoms with van der Waals surface area (Å²) in [6.07, 6.45) is 1.71. The molecular weight excluding hydrogens is 370 g/mol. The average molecular weight is 381 g/mol. The minimum absolute atomic E-state index is 0.113. The minimum Gasteiger partial charge on any atom is -0.347 e. The standard InChI is InChI=1S/C12H11ClFIN2O/c1-16-7-10(15)11(18)17(12(16)13)6-8-2-4-9(14)5-3-8/h2-5,7,12H,6H2,1H3. The molecule has 3 nitrogen and oxygen atoms in total. The van der Waals surface area contributed by atoms with Crippen molar-refractivity contribution in [2.45, 2.75) is 12.2 Å². The molecule has 1 aliphatic rings. The van der Waals surface area contributed by atoms with Gasteiger partial charge in [-0.1, -0.05) is 23.7 Å². The summed E-state index contributed by atoms with van der Waals surface area (Å²) in [5.74, 6) is -0.407. The molecule has 0 N–H and O–H groups in total. The molecule has 0 radical (unpaired) electrons. The van der Waals surface area contributed by atoms with Crippen LogP contribution in [-0.2, 0) is 11.3 Å². The Balaban J connectivity index is 2.20. The van der Waals surface area contributed by atoms with Gasteiger partial charge < -0.3 is 9.80 Å². The SMILES string of the molecule is CN1C=C(I)C(=O)N(Cc2ccc(F)cc2)C1Cl. The second-order valence-corrected chi connectivity index (χ2v) is 5.57. The predicted octanol–water partition coefficient (Wildman–Crippen LogP) is 2.90. The lowest BCUT2D eigenvalue weighted by Crippen LogP contribution is -2.47. The Morgan fingerprint density at radius 3 is 2.61 bits per heavy atom. The Hall–Kier alpha value is -0.820. The predicted molar refractivity (Wildman–Crippen MR) is 76.5 cm³/mol. The number of hydrogen-bond donors (Lipinski definition) is 0. The van der Waals surface area contributed by atoms with Crippen molar-refractivity contribution in [3.05, 3.63) is 45.4 Å². The van der Waals surface area contributed by atoms with E-state index in [2.05, 4.69) is 0 Å². The molecule has 2 rings (SSSR count). The first kappa shape index (κ1) is 13.6. The largest absolute Gasteiger partial charge is 0.347 e. The highest BCUT2D eigenvalue weighted by molar-refractivity contribution is 14.1. The molecule has 0 spiro atoms. The van der Waals surface area contributed by atoms with E-state index >= 15 is 0 Å². The number of nitrogens with zero attached hydrogens (tertiary/aromatic N) is 2. The molecule has 0 fully saturated rings. The van der Waals surface area contributed by atoms with E-state index < -0.39 is 5.62 Å². The van der Waals surface area contributed by atoms with Gasteiger partial charge in [0.05, 0.1) is 3.58 Å². The van der Waals surface area contributed by atoms with E-state index in [1.807, 2.05) is 22.6 Å². The normalized spacial score (nSPS) is 20.1. The van der Waals surface area contributed by atoms with Gasteiger partial charge >= 0.3 is 0 Å². The van der Waals surface area contributed by atoms with Crippen LogP contribution in [0.3, 0.4) is 0 Å². The van der Waals surface area contributed by atoms with Gasteiger partial charge in [0, 0.05) is 19.8 Å². The van der Waals surface area contributed by atoms with Crippen LogP contribution in [0.15, 0.2) is 34.0 Å². The van der Waals surface area contributed by atoms with E-state index in [4.69, 9.17) is 11.6 Å². The molecule has 1 atom stereocenters. The highest BCUT2D eigenvalue weighted by Gasteiger charge is 2.30. The first-order valence-corrected chi connectivity index (χ1v) is 6.79. The van der Waals surface area contributed by atoms with Gasteiger partial charge in [-0.2, -0.15) is 0 Å². The summed E-state index contributed by atoms with van der Waals surface area (Å²) in [5.41, 5.74) is 0.316. The Morgan fingerprint density at radius 1 is 1.39 bits per heavy atom. The second-order valence-electron chi connectivity index (χ2n) is 4.01. The van der Waals surface area contributed by atoms with E-state index in [1.54, 1.807) is 30.3 Å². The fourth-order valence-corrected chi connectivity index (χ4v) is 2.65. The summed E-state index contributed by atoms with van der Waals surface area (Å²) < 4.78 is 13.4. The van der Waals surface area contributed by atoms with Crippen LogP contribution in [0.2, 0.25) is 0 Å². The van der Waals surface area contributed by atoms with Gasteiger partial charge in [-0.05, 0) is 40.3 Å². The highest BCUT2D eigenvalue weighted by Crippen LogP contribution is 2.25. The Morgan fingerprint density at radius 2 is 2.00 bits per heavy atom. The zero-order valence-corrected chi connectivity index (χ0v) is 12.5. The van der Waals surface area contributed by atoms with Crippen LogP contribution >= 0.6 is 34.2 Å². The van der Waals surface area contributed by atoms with Crippen molar-refractivity contribution >= 4 is 40.1 Å². The van der Waals surface area contributed by atoms with Crippen LogP contribution in [-0.4, -0.2) is 28.4 Å². The molecule has 1 amide bonds. The fraction of sp³-hybridized carbons (Fsp3) is 0.250. The van der Waals surface area contributed by atoms with E-state index in [0.717, 1.165) is 5.56 Å². The van der Waals surface area contributed by atoms with Crippen molar-refractivity contribution in [1.82, 2.24) is 9.80 Å². The van der Waals surface area contributed by atoms with Gasteiger partial charge in [0.25, 0.3) is 5.91 Å². The van der Waals surface area contributed by atoms with Gasteiger partial charge in [0.15, 0.2) is 5.62 Å². The molecule has 0 aliphatic carbocycles. The third kappa shape index (κ3) is 2.77. The van der Waals surface area contributed by atoms with Crippen LogP contribution < -0.4 is 0 Å². The van der Waals surface area contributed by atoms with E-state index in [0.29, 0.717) is 10.1 Å². The number of benzene rings is 1. The first-order chi connectivity index (χ1) is 8.49. The number of carbonyl (C=O) groups excluding carboxylic acids is 1. The fourth-order valence-electron chi connectivity index (χ4n) is 1.68. The van der Waals surface area contributed by atoms with Gasteiger partial charge in [0.2, 0.25) is 0 Å². The molecule has 0 bridgehead atoms. The first-order valence-electron chi connectivity index (χ1n) is 5.28. The third-order valence-electron chi connectivity index (χ3n) is 2.64. The monoisotopic (exact) mass is 380 g/mol. The topological polar surface area (TPSA) is 23.6 Å².